The molecule has 0 unspecified atom stereocenters. The molecule has 574 valence electrons. The van der Waals surface area contributed by atoms with E-state index < -0.39 is 0 Å². The van der Waals surface area contributed by atoms with Gasteiger partial charge in [0.2, 0.25) is 0 Å². The molecule has 0 aliphatic rings. The van der Waals surface area contributed by atoms with Crippen LogP contribution in [0.4, 0.5) is 0 Å². The van der Waals surface area contributed by atoms with E-state index in [-0.39, 0.29) is 42.4 Å². The van der Waals surface area contributed by atoms with Crippen molar-refractivity contribution in [1.29, 1.82) is 0 Å². The number of ketones is 1. The van der Waals surface area contributed by atoms with Crippen molar-refractivity contribution in [1.82, 2.24) is 38.5 Å². The van der Waals surface area contributed by atoms with Crippen LogP contribution in [0.2, 0.25) is 0 Å². The summed E-state index contributed by atoms with van der Waals surface area (Å²) in [5.41, 5.74) is 19.5. The second kappa shape index (κ2) is 34.9. The monoisotopic (exact) mass is 1510 g/mol. The molecule has 0 aliphatic carbocycles. The zero-order chi connectivity index (χ0) is 79.5. The van der Waals surface area contributed by atoms with E-state index in [9.17, 15) is 4.79 Å². The zero-order valence-corrected chi connectivity index (χ0v) is 66.8. The third-order valence-electron chi connectivity index (χ3n) is 18.9. The molecule has 0 fully saturated rings. The van der Waals surface area contributed by atoms with Gasteiger partial charge in [-0.15, -0.1) is 10.2 Å². The molecule has 6 aromatic heterocycles. The molecule has 6 heterocycles. The van der Waals surface area contributed by atoms with E-state index in [1.807, 2.05) is 232 Å². The quantitative estimate of drug-likeness (QED) is 0.0690. The number of aromatic amines is 1. The molecule has 15 heteroatoms. The Morgan fingerprint density at radius 3 is 1.13 bits per heavy atom. The van der Waals surface area contributed by atoms with Crippen molar-refractivity contribution < 1.29 is 33.2 Å². The highest BCUT2D eigenvalue weighted by Gasteiger charge is 2.16. The van der Waals surface area contributed by atoms with Gasteiger partial charge < -0.3 is 42.5 Å². The van der Waals surface area contributed by atoms with Crippen molar-refractivity contribution in [3.8, 4) is 107 Å². The van der Waals surface area contributed by atoms with Crippen molar-refractivity contribution in [2.75, 3.05) is 0 Å². The standard InChI is InChI=1S/C26H27NO2.C25H22N2O.C24H25N3O2.C24H22N2O2/c1-18(2)28-24-11-7-20(8-12-24)22-6-5-21-15-16-27(26(21)17-22)23-9-13-25(14-10-23)29-19(3)4;1-17(2)28-23-8-6-22(7-9-23)27-14-12-18-3-4-20(16-25(18)27)19-5-10-24-21(15-19)11-13-26-24;1-16(2)28-21-10-5-18(6-11-21)20-9-14-23-25-26-24(27(23)15-20)19-7-12-22(13-8-19)29-17(3)4;1-16(2)28-23-12-10-22(11-13-23)26-24-14-20(8-9-21(24)15-25-26)19-6-4-18(5-7-19)17(3)27/h5-19H,1-4H3;3-17,26H,1-2H3;5-17H,1-4H3;4-16H,1-3H3. The lowest BCUT2D eigenvalue weighted by Crippen LogP contribution is -2.05. The van der Waals surface area contributed by atoms with Gasteiger partial charge in [0.25, 0.3) is 0 Å². The van der Waals surface area contributed by atoms with E-state index in [1.54, 1.807) is 6.92 Å². The Morgan fingerprint density at radius 1 is 0.325 bits per heavy atom. The third-order valence-corrected chi connectivity index (χ3v) is 18.9. The molecule has 0 spiro atoms. The number of hydrogen-bond acceptors (Lipinski definition) is 10. The van der Waals surface area contributed by atoms with Gasteiger partial charge in [0, 0.05) is 58.2 Å². The summed E-state index contributed by atoms with van der Waals surface area (Å²) >= 11 is 0. The minimum absolute atomic E-state index is 0.0740. The van der Waals surface area contributed by atoms with Gasteiger partial charge in [-0.25, -0.2) is 4.68 Å². The number of hydrogen-bond donors (Lipinski definition) is 1. The Kier molecular flexibility index (Phi) is 23.7. The number of rotatable bonds is 21. The van der Waals surface area contributed by atoms with Crippen LogP contribution in [0.15, 0.2) is 304 Å². The van der Waals surface area contributed by atoms with Gasteiger partial charge in [0.15, 0.2) is 17.3 Å². The average Bonchev–Trinajstić information content (AvgIpc) is 1.64. The van der Waals surface area contributed by atoms with Crippen LogP contribution >= 0.6 is 0 Å². The van der Waals surface area contributed by atoms with Crippen molar-refractivity contribution in [2.45, 2.75) is 127 Å². The molecular weight excluding hydrogens is 1410 g/mol. The van der Waals surface area contributed by atoms with Gasteiger partial charge in [0.1, 0.15) is 34.5 Å². The van der Waals surface area contributed by atoms with Gasteiger partial charge >= 0.3 is 0 Å². The second-order valence-corrected chi connectivity index (χ2v) is 29.9. The fourth-order valence-electron chi connectivity index (χ4n) is 13.7. The van der Waals surface area contributed by atoms with Crippen molar-refractivity contribution in [2.24, 2.45) is 0 Å². The highest BCUT2D eigenvalue weighted by atomic mass is 16.5. The molecular formula is C99H96N8O7. The summed E-state index contributed by atoms with van der Waals surface area (Å²) in [7, 11) is 0. The minimum Gasteiger partial charge on any atom is -0.491 e. The first kappa shape index (κ1) is 77.3. The first-order chi connectivity index (χ1) is 55.2. The number of carbonyl (C=O) groups is 1. The topological polar surface area (TPSA) is 146 Å². The van der Waals surface area contributed by atoms with Crippen molar-refractivity contribution >= 4 is 55.0 Å². The summed E-state index contributed by atoms with van der Waals surface area (Å²) < 4.78 is 42.9. The number of Topliss-reactive ketones (excluding diaryl/α,β-unsaturated/α-hetero) is 1. The fraction of sp³-hybridized carbons (Fsp3) is 0.192. The molecule has 0 bridgehead atoms. The summed E-state index contributed by atoms with van der Waals surface area (Å²) in [5, 5.41) is 18.0. The Bertz CT molecular complexity index is 5890. The number of nitrogens with one attached hydrogen (secondary N) is 1. The van der Waals surface area contributed by atoms with E-state index in [0.29, 0.717) is 0 Å². The van der Waals surface area contributed by atoms with Crippen LogP contribution in [0.5, 0.6) is 34.5 Å². The number of fused-ring (bicyclic) bond motifs is 5. The molecule has 17 aromatic rings. The molecule has 0 saturated heterocycles. The molecule has 15 nitrogen and oxygen atoms in total. The summed E-state index contributed by atoms with van der Waals surface area (Å²) in [5.74, 6) is 6.14. The highest BCUT2D eigenvalue weighted by Crippen LogP contribution is 2.35. The molecule has 17 rings (SSSR count). The van der Waals surface area contributed by atoms with Crippen LogP contribution in [-0.2, 0) is 0 Å². The number of H-pyrrole nitrogens is 1. The fourth-order valence-corrected chi connectivity index (χ4v) is 13.7. The van der Waals surface area contributed by atoms with Gasteiger partial charge in [0.05, 0.1) is 65.1 Å². The summed E-state index contributed by atoms with van der Waals surface area (Å²) in [6, 6.07) is 93.1. The number of carbonyl (C=O) groups excluding carboxylic acids is 1. The first-order valence-electron chi connectivity index (χ1n) is 39.0. The van der Waals surface area contributed by atoms with Crippen LogP contribution in [0.25, 0.3) is 122 Å². The molecule has 0 saturated carbocycles. The van der Waals surface area contributed by atoms with E-state index in [4.69, 9.17) is 28.4 Å². The largest absolute Gasteiger partial charge is 0.491 e. The second-order valence-electron chi connectivity index (χ2n) is 29.9. The normalized spacial score (nSPS) is 11.4. The van der Waals surface area contributed by atoms with E-state index >= 15 is 0 Å². The van der Waals surface area contributed by atoms with Gasteiger partial charge in [-0.3, -0.25) is 9.20 Å². The van der Waals surface area contributed by atoms with Crippen molar-refractivity contribution in [3.05, 3.63) is 310 Å². The predicted octanol–water partition coefficient (Wildman–Crippen LogP) is 24.8. The molecule has 0 aliphatic heterocycles. The molecule has 11 aromatic carbocycles. The Morgan fingerprint density at radius 2 is 0.684 bits per heavy atom. The Hall–Kier alpha value is -13.4. The highest BCUT2D eigenvalue weighted by molar-refractivity contribution is 5.95. The zero-order valence-electron chi connectivity index (χ0n) is 66.8. The molecule has 114 heavy (non-hydrogen) atoms. The van der Waals surface area contributed by atoms with Crippen LogP contribution in [-0.4, -0.2) is 80.9 Å². The lowest BCUT2D eigenvalue weighted by molar-refractivity contribution is 0.101. The summed E-state index contributed by atoms with van der Waals surface area (Å²) in [6.45, 7) is 25.9. The van der Waals surface area contributed by atoms with Gasteiger partial charge in [-0.2, -0.15) is 5.10 Å². The molecule has 0 radical (unpaired) electrons. The molecule has 1 N–H and O–H groups in total. The maximum Gasteiger partial charge on any atom is 0.168 e. The van der Waals surface area contributed by atoms with Crippen LogP contribution in [0.3, 0.4) is 0 Å². The average molecular weight is 1510 g/mol. The maximum atomic E-state index is 11.5. The SMILES string of the molecule is CC(=O)c1ccc(-c2ccc3cnn(-c4ccc(OC(C)C)cc4)c3c2)cc1.CC(C)Oc1ccc(-c2ccc3ccn(-c4ccc(OC(C)C)cc4)c3c2)cc1.CC(C)Oc1ccc(-c2ccc3nnc(-c4ccc(OC(C)C)cc4)n3c2)cc1.CC(C)Oc1ccc(-n2ccc3ccc(-c4ccc5[nH]ccc5c4)cc32)cc1. The number of benzene rings is 11. The smallest absolute Gasteiger partial charge is 0.168 e. The third kappa shape index (κ3) is 18.8. The number of nitrogens with zero attached hydrogens (tertiary/aromatic N) is 7. The Balaban J connectivity index is 0.000000126. The van der Waals surface area contributed by atoms with Crippen LogP contribution < -0.4 is 28.4 Å². The first-order valence-corrected chi connectivity index (χ1v) is 39.0. The number of ether oxygens (including phenoxy) is 6. The van der Waals surface area contributed by atoms with Crippen LogP contribution in [0.1, 0.15) is 100 Å². The molecule has 0 atom stereocenters. The van der Waals surface area contributed by atoms with Crippen molar-refractivity contribution in [3.63, 3.8) is 0 Å². The summed E-state index contributed by atoms with van der Waals surface area (Å²) in [6.07, 6.45) is 11.2. The van der Waals surface area contributed by atoms with E-state index in [0.717, 1.165) is 113 Å². The maximum absolute atomic E-state index is 11.5. The predicted molar refractivity (Wildman–Crippen MR) is 464 cm³/mol. The minimum atomic E-state index is 0.0740. The number of pyridine rings is 1. The lowest BCUT2D eigenvalue weighted by atomic mass is 10.0. The van der Waals surface area contributed by atoms with E-state index in [1.165, 1.54) is 49.4 Å². The van der Waals surface area contributed by atoms with Crippen LogP contribution in [0, 0.1) is 0 Å². The lowest BCUT2D eigenvalue weighted by Gasteiger charge is -2.12. The number of aromatic nitrogens is 8. The Labute approximate surface area is 666 Å². The van der Waals surface area contributed by atoms with E-state index in [2.05, 4.69) is 194 Å². The van der Waals surface area contributed by atoms with Gasteiger partial charge in [-0.05, 0) is 333 Å². The van der Waals surface area contributed by atoms with Gasteiger partial charge in [-0.1, -0.05) is 91.0 Å². The molecule has 0 amide bonds. The summed E-state index contributed by atoms with van der Waals surface area (Å²) in [4.78, 5) is 14.8.